The van der Waals surface area contributed by atoms with Crippen LogP contribution < -0.4 is 0 Å². The number of likely N-dealkylation sites (N-methyl/N-ethyl adjacent to an activating group) is 2. The van der Waals surface area contributed by atoms with E-state index in [9.17, 15) is 9.59 Å². The van der Waals surface area contributed by atoms with Gasteiger partial charge in [0.05, 0.1) is 19.6 Å². The summed E-state index contributed by atoms with van der Waals surface area (Å²) < 4.78 is 4.65. The molecule has 1 atom stereocenters. The molecule has 0 aliphatic carbocycles. The third-order valence-corrected chi connectivity index (χ3v) is 2.44. The minimum Gasteiger partial charge on any atom is -0.469 e. The molecule has 5 heteroatoms. The molecular formula is C11H22N2O3. The van der Waals surface area contributed by atoms with Crippen molar-refractivity contribution in [2.75, 3.05) is 40.8 Å². The molecule has 0 rings (SSSR count). The summed E-state index contributed by atoms with van der Waals surface area (Å²) in [5, 5.41) is 0. The molecule has 0 saturated heterocycles. The molecule has 0 radical (unpaired) electrons. The summed E-state index contributed by atoms with van der Waals surface area (Å²) in [7, 11) is 4.82. The van der Waals surface area contributed by atoms with Crippen LogP contribution in [0.4, 0.5) is 0 Å². The number of carbonyl (C=O) groups is 2. The number of methoxy groups -OCH3 is 1. The van der Waals surface area contributed by atoms with E-state index in [2.05, 4.69) is 4.74 Å². The Hall–Kier alpha value is -1.10. The fourth-order valence-corrected chi connectivity index (χ4v) is 1.30. The van der Waals surface area contributed by atoms with Gasteiger partial charge in [-0.2, -0.15) is 0 Å². The molecule has 0 aromatic carbocycles. The summed E-state index contributed by atoms with van der Waals surface area (Å²) in [5.41, 5.74) is 0. The van der Waals surface area contributed by atoms with Crippen LogP contribution in [0.3, 0.4) is 0 Å². The standard InChI is InChI=1S/C11H22N2O3/c1-6-13(8-10(14)12(3)4)7-9(2)11(15)16-5/h9H,6-8H2,1-5H3. The molecule has 0 N–H and O–H groups in total. The highest BCUT2D eigenvalue weighted by Crippen LogP contribution is 2.02. The van der Waals surface area contributed by atoms with Crippen molar-refractivity contribution in [1.82, 2.24) is 9.80 Å². The van der Waals surface area contributed by atoms with Crippen LogP contribution in [0.15, 0.2) is 0 Å². The van der Waals surface area contributed by atoms with Crippen LogP contribution >= 0.6 is 0 Å². The van der Waals surface area contributed by atoms with Crippen molar-refractivity contribution in [2.45, 2.75) is 13.8 Å². The van der Waals surface area contributed by atoms with Gasteiger partial charge in [-0.1, -0.05) is 13.8 Å². The highest BCUT2D eigenvalue weighted by Gasteiger charge is 2.18. The second-order valence-electron chi connectivity index (χ2n) is 4.04. The molecule has 0 aliphatic heterocycles. The molecule has 1 amide bonds. The molecule has 16 heavy (non-hydrogen) atoms. The van der Waals surface area contributed by atoms with E-state index in [0.29, 0.717) is 13.1 Å². The fraction of sp³-hybridized carbons (Fsp3) is 0.818. The Morgan fingerprint density at radius 3 is 2.25 bits per heavy atom. The first-order valence-electron chi connectivity index (χ1n) is 5.42. The molecule has 1 unspecified atom stereocenters. The Morgan fingerprint density at radius 2 is 1.88 bits per heavy atom. The zero-order valence-electron chi connectivity index (χ0n) is 10.8. The van der Waals surface area contributed by atoms with E-state index in [-0.39, 0.29) is 17.8 Å². The lowest BCUT2D eigenvalue weighted by molar-refractivity contribution is -0.146. The molecule has 0 bridgehead atoms. The summed E-state index contributed by atoms with van der Waals surface area (Å²) >= 11 is 0. The van der Waals surface area contributed by atoms with E-state index < -0.39 is 0 Å². The number of nitrogens with zero attached hydrogens (tertiary/aromatic N) is 2. The Labute approximate surface area is 97.3 Å². The van der Waals surface area contributed by atoms with E-state index in [1.165, 1.54) is 7.11 Å². The number of amides is 1. The first-order chi connectivity index (χ1) is 7.42. The van der Waals surface area contributed by atoms with E-state index in [0.717, 1.165) is 6.54 Å². The predicted octanol–water partition coefficient (Wildman–Crippen LogP) is 0.206. The maximum Gasteiger partial charge on any atom is 0.309 e. The smallest absolute Gasteiger partial charge is 0.309 e. The third kappa shape index (κ3) is 5.11. The molecule has 0 aliphatic rings. The first-order valence-corrected chi connectivity index (χ1v) is 5.42. The number of esters is 1. The Balaban J connectivity index is 4.20. The average Bonchev–Trinajstić information content (AvgIpc) is 2.26. The minimum atomic E-state index is -0.240. The monoisotopic (exact) mass is 230 g/mol. The third-order valence-electron chi connectivity index (χ3n) is 2.44. The van der Waals surface area contributed by atoms with Crippen molar-refractivity contribution in [3.8, 4) is 0 Å². The van der Waals surface area contributed by atoms with Gasteiger partial charge in [-0.3, -0.25) is 14.5 Å². The summed E-state index contributed by atoms with van der Waals surface area (Å²) in [6.07, 6.45) is 0. The molecule has 94 valence electrons. The lowest BCUT2D eigenvalue weighted by Gasteiger charge is -2.23. The maximum absolute atomic E-state index is 11.5. The van der Waals surface area contributed by atoms with Crippen LogP contribution in [0.5, 0.6) is 0 Å². The number of hydrogen-bond acceptors (Lipinski definition) is 4. The van der Waals surface area contributed by atoms with Gasteiger partial charge in [-0.25, -0.2) is 0 Å². The number of rotatable bonds is 6. The number of carbonyl (C=O) groups excluding carboxylic acids is 2. The summed E-state index contributed by atoms with van der Waals surface area (Å²) in [6, 6.07) is 0. The van der Waals surface area contributed by atoms with Crippen LogP contribution in [0.25, 0.3) is 0 Å². The lowest BCUT2D eigenvalue weighted by atomic mass is 10.1. The molecule has 0 spiro atoms. The van der Waals surface area contributed by atoms with Crippen molar-refractivity contribution >= 4 is 11.9 Å². The Bertz CT molecular complexity index is 241. The van der Waals surface area contributed by atoms with E-state index in [1.807, 2.05) is 11.8 Å². The average molecular weight is 230 g/mol. The molecule has 5 nitrogen and oxygen atoms in total. The first kappa shape index (κ1) is 14.9. The van der Waals surface area contributed by atoms with Crippen molar-refractivity contribution in [2.24, 2.45) is 5.92 Å². The quantitative estimate of drug-likeness (QED) is 0.612. The van der Waals surface area contributed by atoms with Gasteiger partial charge < -0.3 is 9.64 Å². The van der Waals surface area contributed by atoms with Gasteiger partial charge in [-0.05, 0) is 6.54 Å². The molecule has 0 saturated carbocycles. The van der Waals surface area contributed by atoms with Crippen LogP contribution in [0.1, 0.15) is 13.8 Å². The van der Waals surface area contributed by atoms with Crippen molar-refractivity contribution < 1.29 is 14.3 Å². The normalized spacial score (nSPS) is 12.4. The van der Waals surface area contributed by atoms with Crippen LogP contribution in [0.2, 0.25) is 0 Å². The summed E-state index contributed by atoms with van der Waals surface area (Å²) in [5.74, 6) is -0.408. The predicted molar refractivity (Wildman–Crippen MR) is 62.0 cm³/mol. The summed E-state index contributed by atoms with van der Waals surface area (Å²) in [6.45, 7) is 5.38. The SMILES string of the molecule is CCN(CC(=O)N(C)C)CC(C)C(=O)OC. The molecule has 0 fully saturated rings. The van der Waals surface area contributed by atoms with Gasteiger partial charge in [0.2, 0.25) is 5.91 Å². The largest absolute Gasteiger partial charge is 0.469 e. The van der Waals surface area contributed by atoms with Crippen molar-refractivity contribution in [3.05, 3.63) is 0 Å². The van der Waals surface area contributed by atoms with Gasteiger partial charge in [-0.15, -0.1) is 0 Å². The highest BCUT2D eigenvalue weighted by atomic mass is 16.5. The van der Waals surface area contributed by atoms with Gasteiger partial charge in [0.1, 0.15) is 0 Å². The van der Waals surface area contributed by atoms with E-state index >= 15 is 0 Å². The van der Waals surface area contributed by atoms with Crippen LogP contribution in [-0.2, 0) is 14.3 Å². The van der Waals surface area contributed by atoms with Crippen LogP contribution in [0, 0.1) is 5.92 Å². The highest BCUT2D eigenvalue weighted by molar-refractivity contribution is 5.77. The lowest BCUT2D eigenvalue weighted by Crippen LogP contribution is -2.40. The fourth-order valence-electron chi connectivity index (χ4n) is 1.30. The zero-order chi connectivity index (χ0) is 12.7. The Morgan fingerprint density at radius 1 is 1.31 bits per heavy atom. The Kier molecular flexibility index (Phi) is 6.72. The second kappa shape index (κ2) is 7.22. The van der Waals surface area contributed by atoms with E-state index in [4.69, 9.17) is 0 Å². The second-order valence-corrected chi connectivity index (χ2v) is 4.04. The van der Waals surface area contributed by atoms with Crippen molar-refractivity contribution in [1.29, 1.82) is 0 Å². The molecular weight excluding hydrogens is 208 g/mol. The maximum atomic E-state index is 11.5. The van der Waals surface area contributed by atoms with Gasteiger partial charge in [0.25, 0.3) is 0 Å². The van der Waals surface area contributed by atoms with Crippen LogP contribution in [-0.4, -0.2) is 62.5 Å². The number of hydrogen-bond donors (Lipinski definition) is 0. The summed E-state index contributed by atoms with van der Waals surface area (Å²) in [4.78, 5) is 26.2. The molecule has 0 heterocycles. The molecule has 0 aromatic heterocycles. The topological polar surface area (TPSA) is 49.9 Å². The van der Waals surface area contributed by atoms with Gasteiger partial charge in [0.15, 0.2) is 0 Å². The number of ether oxygens (including phenoxy) is 1. The minimum absolute atomic E-state index is 0.0407. The molecule has 0 aromatic rings. The van der Waals surface area contributed by atoms with Gasteiger partial charge >= 0.3 is 5.97 Å². The zero-order valence-corrected chi connectivity index (χ0v) is 10.8. The van der Waals surface area contributed by atoms with Crippen molar-refractivity contribution in [3.63, 3.8) is 0 Å². The van der Waals surface area contributed by atoms with E-state index in [1.54, 1.807) is 25.9 Å². The van der Waals surface area contributed by atoms with Gasteiger partial charge in [0, 0.05) is 20.6 Å².